The van der Waals surface area contributed by atoms with Gasteiger partial charge in [0.2, 0.25) is 5.91 Å². The van der Waals surface area contributed by atoms with E-state index in [0.29, 0.717) is 18.7 Å². The van der Waals surface area contributed by atoms with Crippen LogP contribution < -0.4 is 5.32 Å². The molecule has 0 aliphatic carbocycles. The minimum absolute atomic E-state index is 0.0689. The number of thioether (sulfide) groups is 1. The molecule has 1 heterocycles. The fraction of sp³-hybridized carbons (Fsp3) is 0.350. The summed E-state index contributed by atoms with van der Waals surface area (Å²) < 4.78 is 5.19. The third-order valence-corrected chi connectivity index (χ3v) is 5.67. The van der Waals surface area contributed by atoms with E-state index in [1.807, 2.05) is 36.6 Å². The molecule has 8 heteroatoms. The minimum atomic E-state index is -0.539. The molecular weight excluding hydrogens is 396 g/mol. The molecular formula is C20H24N2O4S2. The van der Waals surface area contributed by atoms with Crippen LogP contribution in [0.4, 0.5) is 0 Å². The second-order valence-electron chi connectivity index (χ2n) is 5.77. The summed E-state index contributed by atoms with van der Waals surface area (Å²) in [5.74, 6) is -0.363. The Labute approximate surface area is 173 Å². The predicted octanol–water partition coefficient (Wildman–Crippen LogP) is 3.18. The summed E-state index contributed by atoms with van der Waals surface area (Å²) >= 11 is 3.09. The van der Waals surface area contributed by atoms with Crippen molar-refractivity contribution >= 4 is 40.9 Å². The molecule has 2 aromatic rings. The van der Waals surface area contributed by atoms with Crippen molar-refractivity contribution in [3.8, 4) is 0 Å². The Kier molecular flexibility index (Phi) is 9.03. The van der Waals surface area contributed by atoms with Crippen LogP contribution in [0, 0.1) is 0 Å². The Morgan fingerprint density at radius 1 is 1.14 bits per heavy atom. The smallest absolute Gasteiger partial charge is 0.339 e. The number of hydrogen-bond acceptors (Lipinski definition) is 6. The quantitative estimate of drug-likeness (QED) is 0.472. The molecule has 2 rings (SSSR count). The standard InChI is InChI=1S/C20H24N2O4S2/c1-3-22(13-18(23)21-12-15-8-7-11-28-15)19(24)14-26-20(25)16-9-5-6-10-17(16)27-4-2/h5-11H,3-4,12-14H2,1-2H3,(H,21,23). The second kappa shape index (κ2) is 11.5. The maximum absolute atomic E-state index is 12.4. The minimum Gasteiger partial charge on any atom is -0.452 e. The first-order valence-electron chi connectivity index (χ1n) is 9.00. The number of benzene rings is 1. The molecule has 28 heavy (non-hydrogen) atoms. The lowest BCUT2D eigenvalue weighted by Crippen LogP contribution is -2.42. The third-order valence-electron chi connectivity index (χ3n) is 3.84. The lowest BCUT2D eigenvalue weighted by atomic mass is 10.2. The van der Waals surface area contributed by atoms with Crippen LogP contribution in [0.25, 0.3) is 0 Å². The number of carbonyl (C=O) groups is 3. The van der Waals surface area contributed by atoms with E-state index in [2.05, 4.69) is 5.32 Å². The van der Waals surface area contributed by atoms with Crippen molar-refractivity contribution in [2.75, 3.05) is 25.4 Å². The van der Waals surface area contributed by atoms with E-state index in [9.17, 15) is 14.4 Å². The van der Waals surface area contributed by atoms with Crippen molar-refractivity contribution in [3.05, 3.63) is 52.2 Å². The van der Waals surface area contributed by atoms with Crippen LogP contribution in [0.2, 0.25) is 0 Å². The van der Waals surface area contributed by atoms with Gasteiger partial charge < -0.3 is 15.0 Å². The van der Waals surface area contributed by atoms with E-state index in [4.69, 9.17) is 4.74 Å². The second-order valence-corrected chi connectivity index (χ2v) is 8.11. The highest BCUT2D eigenvalue weighted by Gasteiger charge is 2.19. The van der Waals surface area contributed by atoms with E-state index < -0.39 is 18.5 Å². The molecule has 0 fully saturated rings. The summed E-state index contributed by atoms with van der Waals surface area (Å²) in [7, 11) is 0. The van der Waals surface area contributed by atoms with Gasteiger partial charge >= 0.3 is 5.97 Å². The van der Waals surface area contributed by atoms with Crippen LogP contribution in [-0.4, -0.2) is 48.1 Å². The molecule has 1 aromatic heterocycles. The summed E-state index contributed by atoms with van der Waals surface area (Å²) in [5.41, 5.74) is 0.443. The summed E-state index contributed by atoms with van der Waals surface area (Å²) in [5, 5.41) is 4.72. The fourth-order valence-corrected chi connectivity index (χ4v) is 3.85. The average molecular weight is 421 g/mol. The Morgan fingerprint density at radius 3 is 2.61 bits per heavy atom. The number of amides is 2. The van der Waals surface area contributed by atoms with Gasteiger partial charge in [0.25, 0.3) is 5.91 Å². The van der Waals surface area contributed by atoms with Gasteiger partial charge in [0, 0.05) is 16.3 Å². The van der Waals surface area contributed by atoms with Crippen molar-refractivity contribution in [1.82, 2.24) is 10.2 Å². The molecule has 0 unspecified atom stereocenters. The van der Waals surface area contributed by atoms with Crippen LogP contribution >= 0.6 is 23.1 Å². The normalized spacial score (nSPS) is 10.4. The lowest BCUT2D eigenvalue weighted by Gasteiger charge is -2.20. The third kappa shape index (κ3) is 6.69. The van der Waals surface area contributed by atoms with Crippen molar-refractivity contribution in [3.63, 3.8) is 0 Å². The molecule has 1 N–H and O–H groups in total. The van der Waals surface area contributed by atoms with Crippen molar-refractivity contribution in [2.45, 2.75) is 25.3 Å². The maximum atomic E-state index is 12.4. The molecule has 0 saturated carbocycles. The van der Waals surface area contributed by atoms with Gasteiger partial charge in [0.1, 0.15) is 0 Å². The topological polar surface area (TPSA) is 75.7 Å². The van der Waals surface area contributed by atoms with Gasteiger partial charge in [-0.25, -0.2) is 4.79 Å². The SMILES string of the molecule is CCSc1ccccc1C(=O)OCC(=O)N(CC)CC(=O)NCc1cccs1. The molecule has 0 spiro atoms. The molecule has 0 aliphatic rings. The molecule has 0 aliphatic heterocycles. The molecule has 0 atom stereocenters. The van der Waals surface area contributed by atoms with Crippen molar-refractivity contribution in [1.29, 1.82) is 0 Å². The predicted molar refractivity (Wildman–Crippen MR) is 112 cm³/mol. The van der Waals surface area contributed by atoms with E-state index in [-0.39, 0.29) is 12.5 Å². The largest absolute Gasteiger partial charge is 0.452 e. The number of nitrogens with zero attached hydrogens (tertiary/aromatic N) is 1. The molecule has 2 amide bonds. The number of nitrogens with one attached hydrogen (secondary N) is 1. The molecule has 6 nitrogen and oxygen atoms in total. The van der Waals surface area contributed by atoms with E-state index >= 15 is 0 Å². The number of rotatable bonds is 10. The zero-order chi connectivity index (χ0) is 20.4. The van der Waals surface area contributed by atoms with Gasteiger partial charge in [-0.1, -0.05) is 25.1 Å². The summed E-state index contributed by atoms with van der Waals surface area (Å²) in [4.78, 5) is 40.0. The Bertz CT molecular complexity index is 793. The number of ether oxygens (including phenoxy) is 1. The first-order valence-corrected chi connectivity index (χ1v) is 10.9. The van der Waals surface area contributed by atoms with Crippen molar-refractivity contribution < 1.29 is 19.1 Å². The zero-order valence-corrected chi connectivity index (χ0v) is 17.6. The summed E-state index contributed by atoms with van der Waals surface area (Å²) in [6.07, 6.45) is 0. The average Bonchev–Trinajstić information content (AvgIpc) is 3.22. The van der Waals surface area contributed by atoms with Crippen LogP contribution in [0.15, 0.2) is 46.7 Å². The zero-order valence-electron chi connectivity index (χ0n) is 16.0. The summed E-state index contributed by atoms with van der Waals surface area (Å²) in [6.45, 7) is 4.10. The van der Waals surface area contributed by atoms with Gasteiger partial charge in [-0.2, -0.15) is 0 Å². The molecule has 0 radical (unpaired) electrons. The van der Waals surface area contributed by atoms with E-state index in [1.165, 1.54) is 16.7 Å². The Balaban J connectivity index is 1.84. The van der Waals surface area contributed by atoms with E-state index in [1.54, 1.807) is 30.4 Å². The first kappa shape index (κ1) is 22.0. The number of thiophene rings is 1. The Hall–Kier alpha value is -2.32. The Morgan fingerprint density at radius 2 is 1.93 bits per heavy atom. The highest BCUT2D eigenvalue weighted by atomic mass is 32.2. The molecule has 0 saturated heterocycles. The monoisotopic (exact) mass is 420 g/mol. The number of esters is 1. The molecule has 1 aromatic carbocycles. The van der Waals surface area contributed by atoms with Crippen LogP contribution in [0.1, 0.15) is 29.1 Å². The van der Waals surface area contributed by atoms with Gasteiger partial charge in [-0.15, -0.1) is 23.1 Å². The van der Waals surface area contributed by atoms with Gasteiger partial charge in [-0.3, -0.25) is 9.59 Å². The van der Waals surface area contributed by atoms with Gasteiger partial charge in [-0.05, 0) is 36.3 Å². The lowest BCUT2D eigenvalue weighted by molar-refractivity contribution is -0.138. The fourth-order valence-electron chi connectivity index (χ4n) is 2.42. The van der Waals surface area contributed by atoms with Crippen LogP contribution in [0.5, 0.6) is 0 Å². The van der Waals surface area contributed by atoms with Gasteiger partial charge in [0.05, 0.1) is 18.7 Å². The van der Waals surface area contributed by atoms with Crippen molar-refractivity contribution in [2.24, 2.45) is 0 Å². The first-order chi connectivity index (χ1) is 13.5. The van der Waals surface area contributed by atoms with Crippen LogP contribution in [-0.2, 0) is 20.9 Å². The number of hydrogen-bond donors (Lipinski definition) is 1. The van der Waals surface area contributed by atoms with E-state index in [0.717, 1.165) is 15.5 Å². The highest BCUT2D eigenvalue weighted by molar-refractivity contribution is 7.99. The summed E-state index contributed by atoms with van der Waals surface area (Å²) in [6, 6.07) is 11.0. The number of carbonyl (C=O) groups excluding carboxylic acids is 3. The molecule has 0 bridgehead atoms. The maximum Gasteiger partial charge on any atom is 0.339 e. The number of likely N-dealkylation sites (N-methyl/N-ethyl adjacent to an activating group) is 1. The van der Waals surface area contributed by atoms with Crippen LogP contribution in [0.3, 0.4) is 0 Å². The molecule has 150 valence electrons. The highest BCUT2D eigenvalue weighted by Crippen LogP contribution is 2.22. The van der Waals surface area contributed by atoms with Gasteiger partial charge in [0.15, 0.2) is 6.61 Å².